The number of thiazole rings is 1. The molecule has 1 aromatic carbocycles. The van der Waals surface area contributed by atoms with E-state index in [-0.39, 0.29) is 30.7 Å². The van der Waals surface area contributed by atoms with Crippen LogP contribution in [0.1, 0.15) is 48.7 Å². The molecule has 1 amide bonds. The first-order valence-electron chi connectivity index (χ1n) is 7.66. The third-order valence-corrected chi connectivity index (χ3v) is 4.37. The van der Waals surface area contributed by atoms with Gasteiger partial charge in [-0.2, -0.15) is 0 Å². The lowest BCUT2D eigenvalue weighted by atomic mass is 10.0. The largest absolute Gasteiger partial charge is 0.351 e. The molecule has 3 N–H and O–H groups in total. The van der Waals surface area contributed by atoms with Gasteiger partial charge in [-0.25, -0.2) is 4.98 Å². The first kappa shape index (κ1) is 22.9. The van der Waals surface area contributed by atoms with Crippen molar-refractivity contribution in [2.45, 2.75) is 32.6 Å². The number of rotatable bonds is 7. The van der Waals surface area contributed by atoms with Gasteiger partial charge in [0.25, 0.3) is 5.91 Å². The number of carbonyl (C=O) groups is 1. The SMILES string of the molecule is CC(C)c1ccc(-c2nc(C(=O)NCCCCN)cs2)cc1.Cl.Cl. The van der Waals surface area contributed by atoms with Crippen LogP contribution in [0, 0.1) is 0 Å². The summed E-state index contributed by atoms with van der Waals surface area (Å²) in [5.41, 5.74) is 8.27. The van der Waals surface area contributed by atoms with Crippen molar-refractivity contribution in [3.63, 3.8) is 0 Å². The van der Waals surface area contributed by atoms with Crippen molar-refractivity contribution >= 4 is 42.1 Å². The molecule has 0 unspecified atom stereocenters. The molecule has 0 bridgehead atoms. The minimum absolute atomic E-state index is 0. The van der Waals surface area contributed by atoms with Crippen LogP contribution in [-0.4, -0.2) is 24.0 Å². The number of halogens is 2. The highest BCUT2D eigenvalue weighted by Crippen LogP contribution is 2.25. The van der Waals surface area contributed by atoms with E-state index < -0.39 is 0 Å². The lowest BCUT2D eigenvalue weighted by molar-refractivity contribution is 0.0949. The first-order chi connectivity index (χ1) is 10.6. The Morgan fingerprint density at radius 2 is 1.88 bits per heavy atom. The summed E-state index contributed by atoms with van der Waals surface area (Å²) in [5.74, 6) is 0.401. The van der Waals surface area contributed by atoms with Crippen LogP contribution in [0.5, 0.6) is 0 Å². The summed E-state index contributed by atoms with van der Waals surface area (Å²) in [6.45, 7) is 5.64. The van der Waals surface area contributed by atoms with Crippen molar-refractivity contribution in [2.75, 3.05) is 13.1 Å². The second-order valence-electron chi connectivity index (χ2n) is 5.57. The Labute approximate surface area is 160 Å². The lowest BCUT2D eigenvalue weighted by Gasteiger charge is -2.05. The van der Waals surface area contributed by atoms with E-state index in [4.69, 9.17) is 5.73 Å². The zero-order valence-electron chi connectivity index (χ0n) is 14.0. The van der Waals surface area contributed by atoms with Gasteiger partial charge in [0.15, 0.2) is 0 Å². The van der Waals surface area contributed by atoms with Gasteiger partial charge in [0.1, 0.15) is 10.7 Å². The molecule has 0 aliphatic heterocycles. The van der Waals surface area contributed by atoms with Gasteiger partial charge in [-0.1, -0.05) is 38.1 Å². The Balaban J connectivity index is 0.00000264. The van der Waals surface area contributed by atoms with Gasteiger partial charge in [0.2, 0.25) is 0 Å². The van der Waals surface area contributed by atoms with Crippen LogP contribution in [-0.2, 0) is 0 Å². The number of nitrogens with one attached hydrogen (secondary N) is 1. The molecule has 0 spiro atoms. The van der Waals surface area contributed by atoms with Gasteiger partial charge in [-0.05, 0) is 30.9 Å². The molecule has 134 valence electrons. The van der Waals surface area contributed by atoms with Crippen LogP contribution in [0.2, 0.25) is 0 Å². The van der Waals surface area contributed by atoms with Crippen molar-refractivity contribution in [3.8, 4) is 10.6 Å². The standard InChI is InChI=1S/C17H23N3OS.2ClH/c1-12(2)13-5-7-14(8-6-13)17-20-15(11-22-17)16(21)19-10-4-3-9-18;;/h5-8,11-12H,3-4,9-10,18H2,1-2H3,(H,19,21);2*1H. The normalized spacial score (nSPS) is 10.0. The van der Waals surface area contributed by atoms with Crippen LogP contribution in [0.15, 0.2) is 29.6 Å². The Morgan fingerprint density at radius 1 is 1.21 bits per heavy atom. The molecule has 0 saturated heterocycles. The second kappa shape index (κ2) is 11.4. The van der Waals surface area contributed by atoms with Gasteiger partial charge in [0, 0.05) is 17.5 Å². The van der Waals surface area contributed by atoms with E-state index in [1.807, 2.05) is 5.38 Å². The van der Waals surface area contributed by atoms with E-state index in [0.717, 1.165) is 23.4 Å². The maximum absolute atomic E-state index is 12.0. The summed E-state index contributed by atoms with van der Waals surface area (Å²) in [4.78, 5) is 16.4. The molecule has 4 nitrogen and oxygen atoms in total. The van der Waals surface area contributed by atoms with E-state index >= 15 is 0 Å². The number of hydrogen-bond acceptors (Lipinski definition) is 4. The molecule has 1 heterocycles. The minimum Gasteiger partial charge on any atom is -0.351 e. The summed E-state index contributed by atoms with van der Waals surface area (Å²) < 4.78 is 0. The van der Waals surface area contributed by atoms with Crippen molar-refractivity contribution in [2.24, 2.45) is 5.73 Å². The molecule has 0 aliphatic rings. The molecule has 2 aromatic rings. The van der Waals surface area contributed by atoms with E-state index in [9.17, 15) is 4.79 Å². The molecule has 1 aromatic heterocycles. The molecule has 0 saturated carbocycles. The van der Waals surface area contributed by atoms with Crippen molar-refractivity contribution in [1.82, 2.24) is 10.3 Å². The molecular weight excluding hydrogens is 365 g/mol. The summed E-state index contributed by atoms with van der Waals surface area (Å²) in [5, 5.41) is 5.56. The molecule has 0 radical (unpaired) electrons. The van der Waals surface area contributed by atoms with Crippen LogP contribution in [0.25, 0.3) is 10.6 Å². The number of benzene rings is 1. The zero-order valence-corrected chi connectivity index (χ0v) is 16.4. The molecule has 0 aliphatic carbocycles. The van der Waals surface area contributed by atoms with Crippen molar-refractivity contribution in [3.05, 3.63) is 40.9 Å². The van der Waals surface area contributed by atoms with Gasteiger partial charge in [-0.15, -0.1) is 36.2 Å². The highest BCUT2D eigenvalue weighted by Gasteiger charge is 2.11. The zero-order chi connectivity index (χ0) is 15.9. The Bertz CT molecular complexity index is 615. The quantitative estimate of drug-likeness (QED) is 0.695. The topological polar surface area (TPSA) is 68.0 Å². The predicted molar refractivity (Wildman–Crippen MR) is 107 cm³/mol. The highest BCUT2D eigenvalue weighted by molar-refractivity contribution is 7.13. The van der Waals surface area contributed by atoms with Crippen molar-refractivity contribution < 1.29 is 4.79 Å². The van der Waals surface area contributed by atoms with Crippen LogP contribution >= 0.6 is 36.2 Å². The summed E-state index contributed by atoms with van der Waals surface area (Å²) in [6, 6.07) is 8.37. The number of carbonyl (C=O) groups excluding carboxylic acids is 1. The second-order valence-corrected chi connectivity index (χ2v) is 6.42. The summed E-state index contributed by atoms with van der Waals surface area (Å²) in [6.07, 6.45) is 1.82. The molecular formula is C17H25Cl2N3OS. The number of nitrogens with zero attached hydrogens (tertiary/aromatic N) is 1. The maximum Gasteiger partial charge on any atom is 0.270 e. The summed E-state index contributed by atoms with van der Waals surface area (Å²) >= 11 is 1.50. The number of amides is 1. The third-order valence-electron chi connectivity index (χ3n) is 3.48. The van der Waals surface area contributed by atoms with Crippen LogP contribution in [0.3, 0.4) is 0 Å². The average Bonchev–Trinajstić information content (AvgIpc) is 3.01. The highest BCUT2D eigenvalue weighted by atomic mass is 35.5. The fourth-order valence-electron chi connectivity index (χ4n) is 2.08. The van der Waals surface area contributed by atoms with Crippen LogP contribution in [0.4, 0.5) is 0 Å². The Kier molecular flexibility index (Phi) is 10.9. The first-order valence-corrected chi connectivity index (χ1v) is 8.54. The monoisotopic (exact) mass is 389 g/mol. The predicted octanol–water partition coefficient (Wildman–Crippen LogP) is 4.25. The molecule has 0 fully saturated rings. The fraction of sp³-hybridized carbons (Fsp3) is 0.412. The Hall–Kier alpha value is -1.14. The Morgan fingerprint density at radius 3 is 2.46 bits per heavy atom. The van der Waals surface area contributed by atoms with E-state index in [1.54, 1.807) is 0 Å². The molecule has 24 heavy (non-hydrogen) atoms. The summed E-state index contributed by atoms with van der Waals surface area (Å²) in [7, 11) is 0. The van der Waals surface area contributed by atoms with Crippen molar-refractivity contribution in [1.29, 1.82) is 0 Å². The van der Waals surface area contributed by atoms with E-state index in [2.05, 4.69) is 48.4 Å². The number of nitrogens with two attached hydrogens (primary N) is 1. The molecule has 2 rings (SSSR count). The molecule has 7 heteroatoms. The maximum atomic E-state index is 12.0. The number of aromatic nitrogens is 1. The van der Waals surface area contributed by atoms with Gasteiger partial charge in [0.05, 0.1) is 0 Å². The minimum atomic E-state index is -0.113. The van der Waals surface area contributed by atoms with Gasteiger partial charge in [-0.3, -0.25) is 4.79 Å². The van der Waals surface area contributed by atoms with Crippen LogP contribution < -0.4 is 11.1 Å². The fourth-order valence-corrected chi connectivity index (χ4v) is 2.89. The number of hydrogen-bond donors (Lipinski definition) is 2. The average molecular weight is 390 g/mol. The molecule has 0 atom stereocenters. The third kappa shape index (κ3) is 6.40. The lowest BCUT2D eigenvalue weighted by Crippen LogP contribution is -2.25. The van der Waals surface area contributed by atoms with E-state index in [1.165, 1.54) is 16.9 Å². The van der Waals surface area contributed by atoms with Gasteiger partial charge < -0.3 is 11.1 Å². The number of unbranched alkanes of at least 4 members (excludes halogenated alkanes) is 1. The smallest absolute Gasteiger partial charge is 0.270 e. The van der Waals surface area contributed by atoms with Gasteiger partial charge >= 0.3 is 0 Å². The van der Waals surface area contributed by atoms with E-state index in [0.29, 0.717) is 24.7 Å².